The molecule has 3 aromatic heterocycles. The van der Waals surface area contributed by atoms with Gasteiger partial charge in [0.2, 0.25) is 17.8 Å². The molecule has 0 spiro atoms. The second-order valence-electron chi connectivity index (χ2n) is 15.5. The van der Waals surface area contributed by atoms with Crippen LogP contribution in [0.2, 0.25) is 5.02 Å². The molecule has 58 heavy (non-hydrogen) atoms. The number of carbonyl (C=O) groups excluding carboxylic acids is 3. The first-order valence-electron chi connectivity index (χ1n) is 19.8. The summed E-state index contributed by atoms with van der Waals surface area (Å²) in [5.41, 5.74) is 3.99. The third-order valence-corrected chi connectivity index (χ3v) is 12.0. The molecule has 304 valence electrons. The molecule has 8 rings (SSSR count). The van der Waals surface area contributed by atoms with Crippen LogP contribution in [0, 0.1) is 5.92 Å². The third kappa shape index (κ3) is 7.77. The van der Waals surface area contributed by atoms with E-state index in [1.165, 1.54) is 11.6 Å². The van der Waals surface area contributed by atoms with E-state index in [1.807, 2.05) is 42.1 Å². The highest BCUT2D eigenvalue weighted by Crippen LogP contribution is 2.36. The van der Waals surface area contributed by atoms with Crippen molar-refractivity contribution in [3.8, 4) is 5.75 Å². The Morgan fingerprint density at radius 3 is 2.59 bits per heavy atom. The van der Waals surface area contributed by atoms with Crippen molar-refractivity contribution in [1.82, 2.24) is 39.8 Å². The molecule has 6 heterocycles. The number of anilines is 4. The summed E-state index contributed by atoms with van der Waals surface area (Å²) in [6, 6.07) is 13.7. The zero-order valence-electron chi connectivity index (χ0n) is 33.1. The summed E-state index contributed by atoms with van der Waals surface area (Å²) < 4.78 is 8.90. The molecular weight excluding hydrogens is 762 g/mol. The van der Waals surface area contributed by atoms with Crippen molar-refractivity contribution in [3.63, 3.8) is 0 Å². The number of rotatable bonds is 10. The molecule has 0 radical (unpaired) electrons. The number of benzene rings is 2. The van der Waals surface area contributed by atoms with Crippen molar-refractivity contribution in [3.05, 3.63) is 69.7 Å². The second kappa shape index (κ2) is 16.3. The van der Waals surface area contributed by atoms with Gasteiger partial charge in [0.15, 0.2) is 18.2 Å². The minimum atomic E-state index is -0.426. The lowest BCUT2D eigenvalue weighted by Gasteiger charge is -2.43. The number of carbonyl (C=O) groups is 3. The van der Waals surface area contributed by atoms with Crippen molar-refractivity contribution in [2.24, 2.45) is 20.0 Å². The van der Waals surface area contributed by atoms with Crippen LogP contribution < -0.4 is 36.0 Å². The highest BCUT2D eigenvalue weighted by atomic mass is 35.5. The number of fused-ring (bicyclic) bond motifs is 2. The Labute approximate surface area is 340 Å². The lowest BCUT2D eigenvalue weighted by molar-refractivity contribution is -0.134. The lowest BCUT2D eigenvalue weighted by Crippen LogP contribution is -2.54. The maximum atomic E-state index is 12.8. The molecule has 3 aliphatic rings. The number of piperidine rings is 2. The molecule has 0 aliphatic carbocycles. The Balaban J connectivity index is 0.884. The number of aromatic nitrogens is 5. The molecule has 2 atom stereocenters. The molecular formula is C41H48ClN11O5. The Morgan fingerprint density at radius 2 is 1.83 bits per heavy atom. The van der Waals surface area contributed by atoms with Crippen molar-refractivity contribution in [1.29, 1.82) is 0 Å². The number of hydrogen-bond donors (Lipinski definition) is 3. The van der Waals surface area contributed by atoms with Crippen LogP contribution in [0.15, 0.2) is 53.5 Å². The highest BCUT2D eigenvalue weighted by molar-refractivity contribution is 6.33. The third-order valence-electron chi connectivity index (χ3n) is 11.8. The number of nitrogens with zero attached hydrogens (tertiary/aromatic N) is 8. The molecule has 16 nitrogen and oxygen atoms in total. The predicted octanol–water partition coefficient (Wildman–Crippen LogP) is 3.68. The van der Waals surface area contributed by atoms with Crippen molar-refractivity contribution in [2.45, 2.75) is 44.6 Å². The van der Waals surface area contributed by atoms with Gasteiger partial charge in [-0.3, -0.25) is 34.1 Å². The monoisotopic (exact) mass is 809 g/mol. The van der Waals surface area contributed by atoms with Gasteiger partial charge in [0.05, 0.1) is 34.5 Å². The Hall–Kier alpha value is -5.74. The zero-order chi connectivity index (χ0) is 40.7. The van der Waals surface area contributed by atoms with Gasteiger partial charge in [-0.05, 0) is 62.4 Å². The molecule has 0 bridgehead atoms. The van der Waals surface area contributed by atoms with Gasteiger partial charge in [0.25, 0.3) is 11.5 Å². The summed E-state index contributed by atoms with van der Waals surface area (Å²) in [6.07, 6.45) is 4.57. The van der Waals surface area contributed by atoms with Crippen LogP contribution in [0.25, 0.3) is 21.8 Å². The first kappa shape index (κ1) is 39.1. The average molecular weight is 810 g/mol. The maximum Gasteiger partial charge on any atom is 0.293 e. The lowest BCUT2D eigenvalue weighted by atomic mass is 9.92. The minimum absolute atomic E-state index is 0.0823. The normalized spacial score (nSPS) is 19.5. The number of aryl methyl sites for hydroxylation is 2. The Kier molecular flexibility index (Phi) is 11.0. The van der Waals surface area contributed by atoms with E-state index in [9.17, 15) is 19.2 Å². The second-order valence-corrected chi connectivity index (χ2v) is 15.9. The molecule has 3 saturated heterocycles. The predicted molar refractivity (Wildman–Crippen MR) is 223 cm³/mol. The van der Waals surface area contributed by atoms with Gasteiger partial charge in [-0.1, -0.05) is 23.7 Å². The minimum Gasteiger partial charge on any atom is -0.478 e. The highest BCUT2D eigenvalue weighted by Gasteiger charge is 2.33. The molecule has 3 fully saturated rings. The molecule has 5 aromatic rings. The van der Waals surface area contributed by atoms with Crippen LogP contribution in [0.3, 0.4) is 0 Å². The van der Waals surface area contributed by atoms with Crippen LogP contribution in [0.1, 0.15) is 44.2 Å². The van der Waals surface area contributed by atoms with Gasteiger partial charge in [-0.25, -0.2) is 4.98 Å². The molecule has 0 saturated carbocycles. The van der Waals surface area contributed by atoms with E-state index in [0.717, 1.165) is 79.8 Å². The summed E-state index contributed by atoms with van der Waals surface area (Å²) in [6.45, 7) is 7.35. The number of ether oxygens (including phenoxy) is 1. The number of halogens is 1. The number of imide groups is 1. The molecule has 1 unspecified atom stereocenters. The fourth-order valence-electron chi connectivity index (χ4n) is 8.53. The van der Waals surface area contributed by atoms with E-state index >= 15 is 0 Å². The van der Waals surface area contributed by atoms with Crippen molar-refractivity contribution < 1.29 is 19.1 Å². The standard InChI is InChI=1S/C41H48ClN11O5/c1-24-21-53(41-44-20-30(42)38(47-41)45-27-8-10-31-26(18-27)19-33(40(57)49(31)3)58-23-35(55)43-2)17-16-52(24)22-25-12-14-51(15-13-25)32-7-5-6-28-36(48-50(4)37(28)32)29-9-11-34(54)46-39(29)56/h5-8,10,18-20,24-25,29H,9,11-17,21-23H2,1-4H3,(H,43,55)(H,44,45,47)(H,46,54,56)/t24-,29?/m0/s1. The molecule has 3 N–H and O–H groups in total. The SMILES string of the molecule is CNC(=O)COc1cc2cc(Nc3nc(N4CCN(CC5CCN(c6cccc7c(C8CCC(=O)NC8=O)nn(C)c67)CC5)[C@@H](C)C4)ncc3Cl)ccc2n(C)c1=O. The van der Waals surface area contributed by atoms with E-state index in [4.69, 9.17) is 26.4 Å². The summed E-state index contributed by atoms with van der Waals surface area (Å²) in [7, 11) is 5.11. The fraction of sp³-hybridized carbons (Fsp3) is 0.439. The van der Waals surface area contributed by atoms with E-state index in [-0.39, 0.29) is 35.6 Å². The van der Waals surface area contributed by atoms with Crippen LogP contribution >= 0.6 is 11.6 Å². The van der Waals surface area contributed by atoms with Crippen LogP contribution in [0.5, 0.6) is 5.75 Å². The number of hydrogen-bond acceptors (Lipinski definition) is 12. The van der Waals surface area contributed by atoms with Gasteiger partial charge in [-0.15, -0.1) is 0 Å². The van der Waals surface area contributed by atoms with Gasteiger partial charge < -0.3 is 29.7 Å². The molecule has 3 amide bonds. The summed E-state index contributed by atoms with van der Waals surface area (Å²) in [5, 5.41) is 15.2. The number of nitrogens with one attached hydrogen (secondary N) is 3. The first-order valence-corrected chi connectivity index (χ1v) is 20.1. The van der Waals surface area contributed by atoms with E-state index in [2.05, 4.69) is 48.6 Å². The maximum absolute atomic E-state index is 12.8. The average Bonchev–Trinajstić information content (AvgIpc) is 3.56. The van der Waals surface area contributed by atoms with Crippen LogP contribution in [-0.2, 0) is 28.5 Å². The Morgan fingerprint density at radius 1 is 1.02 bits per heavy atom. The van der Waals surface area contributed by atoms with Gasteiger partial charge >= 0.3 is 0 Å². The topological polar surface area (TPSA) is 172 Å². The molecule has 17 heteroatoms. The zero-order valence-corrected chi connectivity index (χ0v) is 33.9. The van der Waals surface area contributed by atoms with E-state index in [0.29, 0.717) is 52.8 Å². The largest absolute Gasteiger partial charge is 0.478 e. The molecule has 2 aromatic carbocycles. The number of pyridine rings is 1. The first-order chi connectivity index (χ1) is 28.0. The number of piperazine rings is 1. The summed E-state index contributed by atoms with van der Waals surface area (Å²) in [5.74, 6) is 0.481. The quantitative estimate of drug-likeness (QED) is 0.175. The van der Waals surface area contributed by atoms with Crippen LogP contribution in [-0.4, -0.2) is 106 Å². The van der Waals surface area contributed by atoms with E-state index in [1.54, 1.807) is 19.3 Å². The van der Waals surface area contributed by atoms with Gasteiger partial charge in [-0.2, -0.15) is 10.1 Å². The van der Waals surface area contributed by atoms with Gasteiger partial charge in [0.1, 0.15) is 5.02 Å². The van der Waals surface area contributed by atoms with Crippen LogP contribution in [0.4, 0.5) is 23.1 Å². The number of likely N-dealkylation sites (N-methyl/N-ethyl adjacent to an activating group) is 1. The number of para-hydroxylation sites is 1. The van der Waals surface area contributed by atoms with Crippen molar-refractivity contribution in [2.75, 3.05) is 68.0 Å². The number of amides is 3. The van der Waals surface area contributed by atoms with Gasteiger partial charge in [0, 0.05) is 89.3 Å². The smallest absolute Gasteiger partial charge is 0.293 e. The summed E-state index contributed by atoms with van der Waals surface area (Å²) in [4.78, 5) is 65.7. The van der Waals surface area contributed by atoms with E-state index < -0.39 is 5.92 Å². The summed E-state index contributed by atoms with van der Waals surface area (Å²) >= 11 is 6.60. The van der Waals surface area contributed by atoms with Crippen molar-refractivity contribution >= 4 is 74.3 Å². The fourth-order valence-corrected chi connectivity index (χ4v) is 8.67. The Bertz CT molecular complexity index is 2460. The molecule has 3 aliphatic heterocycles.